The molecule has 0 aliphatic rings. The van der Waals surface area contributed by atoms with E-state index in [4.69, 9.17) is 27.9 Å². The summed E-state index contributed by atoms with van der Waals surface area (Å²) in [5.41, 5.74) is 1.05. The average molecular weight is 333 g/mol. The summed E-state index contributed by atoms with van der Waals surface area (Å²) in [6.45, 7) is 1.96. The van der Waals surface area contributed by atoms with E-state index < -0.39 is 0 Å². The van der Waals surface area contributed by atoms with Gasteiger partial charge in [0.15, 0.2) is 0 Å². The monoisotopic (exact) mass is 331 g/mol. The summed E-state index contributed by atoms with van der Waals surface area (Å²) in [5.74, 6) is 1.09. The first kappa shape index (κ1) is 12.7. The molecule has 1 aromatic heterocycles. The van der Waals surface area contributed by atoms with Crippen LogP contribution in [0.2, 0.25) is 10.0 Å². The van der Waals surface area contributed by atoms with E-state index in [1.54, 1.807) is 24.4 Å². The molecule has 0 aliphatic heterocycles. The van der Waals surface area contributed by atoms with Crippen molar-refractivity contribution < 1.29 is 4.74 Å². The SMILES string of the molecule is Cc1cnc(Oc2ccc(Cl)c(Cl)c2)c(Br)c1. The second-order valence-corrected chi connectivity index (χ2v) is 5.15. The van der Waals surface area contributed by atoms with Crippen molar-refractivity contribution in [1.29, 1.82) is 0 Å². The number of halogens is 3. The molecule has 88 valence electrons. The van der Waals surface area contributed by atoms with Gasteiger partial charge in [0.1, 0.15) is 5.75 Å². The zero-order chi connectivity index (χ0) is 12.4. The van der Waals surface area contributed by atoms with Crippen LogP contribution in [0.4, 0.5) is 0 Å². The van der Waals surface area contributed by atoms with Crippen LogP contribution in [-0.4, -0.2) is 4.98 Å². The molecule has 0 saturated carbocycles. The lowest BCUT2D eigenvalue weighted by Crippen LogP contribution is -1.90. The Bertz CT molecular complexity index is 560. The Morgan fingerprint density at radius 1 is 1.18 bits per heavy atom. The normalized spacial score (nSPS) is 10.4. The number of aromatic nitrogens is 1. The Balaban J connectivity index is 2.28. The third-order valence-electron chi connectivity index (χ3n) is 2.05. The van der Waals surface area contributed by atoms with Gasteiger partial charge in [-0.15, -0.1) is 0 Å². The van der Waals surface area contributed by atoms with Crippen molar-refractivity contribution in [2.75, 3.05) is 0 Å². The highest BCUT2D eigenvalue weighted by atomic mass is 79.9. The summed E-state index contributed by atoms with van der Waals surface area (Å²) in [7, 11) is 0. The number of hydrogen-bond donors (Lipinski definition) is 0. The molecule has 1 aromatic carbocycles. The first-order valence-electron chi connectivity index (χ1n) is 4.81. The van der Waals surface area contributed by atoms with E-state index in [-0.39, 0.29) is 0 Å². The van der Waals surface area contributed by atoms with Crippen LogP contribution >= 0.6 is 39.1 Å². The highest BCUT2D eigenvalue weighted by Crippen LogP contribution is 2.31. The highest BCUT2D eigenvalue weighted by Gasteiger charge is 2.06. The van der Waals surface area contributed by atoms with Crippen molar-refractivity contribution in [3.05, 3.63) is 50.5 Å². The van der Waals surface area contributed by atoms with Gasteiger partial charge in [-0.05, 0) is 46.6 Å². The second kappa shape index (κ2) is 5.25. The van der Waals surface area contributed by atoms with E-state index in [9.17, 15) is 0 Å². The summed E-state index contributed by atoms with van der Waals surface area (Å²) in [4.78, 5) is 4.18. The van der Waals surface area contributed by atoms with Crippen molar-refractivity contribution in [2.45, 2.75) is 6.92 Å². The first-order valence-corrected chi connectivity index (χ1v) is 6.36. The first-order chi connectivity index (χ1) is 8.06. The van der Waals surface area contributed by atoms with Gasteiger partial charge in [-0.2, -0.15) is 0 Å². The molecule has 0 N–H and O–H groups in total. The van der Waals surface area contributed by atoms with Crippen LogP contribution in [0.25, 0.3) is 0 Å². The van der Waals surface area contributed by atoms with Crippen LogP contribution in [-0.2, 0) is 0 Å². The Hall–Kier alpha value is -0.770. The van der Waals surface area contributed by atoms with Crippen LogP contribution in [0.1, 0.15) is 5.56 Å². The Morgan fingerprint density at radius 2 is 1.94 bits per heavy atom. The minimum atomic E-state index is 0.451. The van der Waals surface area contributed by atoms with E-state index in [1.165, 1.54) is 0 Å². The topological polar surface area (TPSA) is 22.1 Å². The Labute approximate surface area is 118 Å². The highest BCUT2D eigenvalue weighted by molar-refractivity contribution is 9.10. The predicted molar refractivity (Wildman–Crippen MR) is 73.2 cm³/mol. The molecule has 1 heterocycles. The minimum Gasteiger partial charge on any atom is -0.438 e. The number of ether oxygens (including phenoxy) is 1. The van der Waals surface area contributed by atoms with Crippen molar-refractivity contribution in [2.24, 2.45) is 0 Å². The van der Waals surface area contributed by atoms with Gasteiger partial charge < -0.3 is 4.74 Å². The van der Waals surface area contributed by atoms with Crippen molar-refractivity contribution in [3.8, 4) is 11.6 Å². The van der Waals surface area contributed by atoms with Gasteiger partial charge in [-0.3, -0.25) is 0 Å². The summed E-state index contributed by atoms with van der Waals surface area (Å²) in [6, 6.07) is 7.00. The molecule has 0 aliphatic carbocycles. The fourth-order valence-corrected chi connectivity index (χ4v) is 2.08. The third-order valence-corrected chi connectivity index (χ3v) is 3.36. The van der Waals surface area contributed by atoms with Crippen molar-refractivity contribution >= 4 is 39.1 Å². The number of nitrogens with zero attached hydrogens (tertiary/aromatic N) is 1. The molecule has 0 atom stereocenters. The van der Waals surface area contributed by atoms with E-state index in [0.717, 1.165) is 10.0 Å². The molecule has 0 spiro atoms. The third kappa shape index (κ3) is 3.12. The zero-order valence-electron chi connectivity index (χ0n) is 8.88. The molecule has 2 aromatic rings. The van der Waals surface area contributed by atoms with E-state index in [2.05, 4.69) is 20.9 Å². The average Bonchev–Trinajstić information content (AvgIpc) is 2.27. The Morgan fingerprint density at radius 3 is 2.59 bits per heavy atom. The largest absolute Gasteiger partial charge is 0.438 e. The van der Waals surface area contributed by atoms with Gasteiger partial charge in [0.2, 0.25) is 5.88 Å². The molecule has 0 fully saturated rings. The molecular weight excluding hydrogens is 325 g/mol. The fraction of sp³-hybridized carbons (Fsp3) is 0.0833. The lowest BCUT2D eigenvalue weighted by Gasteiger charge is -2.07. The molecule has 0 unspecified atom stereocenters. The molecule has 0 bridgehead atoms. The van der Waals surface area contributed by atoms with E-state index >= 15 is 0 Å². The predicted octanol–water partition coefficient (Wildman–Crippen LogP) is 5.25. The van der Waals surface area contributed by atoms with Crippen LogP contribution < -0.4 is 4.74 Å². The summed E-state index contributed by atoms with van der Waals surface area (Å²) in [5, 5.41) is 0.947. The lowest BCUT2D eigenvalue weighted by molar-refractivity contribution is 0.459. The number of aryl methyl sites for hydroxylation is 1. The molecule has 17 heavy (non-hydrogen) atoms. The van der Waals surface area contributed by atoms with Crippen LogP contribution in [0.3, 0.4) is 0 Å². The molecule has 0 radical (unpaired) electrons. The molecule has 0 amide bonds. The number of hydrogen-bond acceptors (Lipinski definition) is 2. The number of pyridine rings is 1. The molecule has 5 heteroatoms. The van der Waals surface area contributed by atoms with Crippen LogP contribution in [0.5, 0.6) is 11.6 Å². The van der Waals surface area contributed by atoms with Gasteiger partial charge in [0.25, 0.3) is 0 Å². The van der Waals surface area contributed by atoms with Crippen LogP contribution in [0.15, 0.2) is 34.9 Å². The summed E-state index contributed by atoms with van der Waals surface area (Å²) < 4.78 is 6.39. The minimum absolute atomic E-state index is 0.451. The maximum Gasteiger partial charge on any atom is 0.233 e. The number of rotatable bonds is 2. The summed E-state index contributed by atoms with van der Waals surface area (Å²) in [6.07, 6.45) is 1.73. The second-order valence-electron chi connectivity index (χ2n) is 3.48. The Kier molecular flexibility index (Phi) is 3.92. The van der Waals surface area contributed by atoms with Gasteiger partial charge in [-0.25, -0.2) is 4.98 Å². The molecule has 2 rings (SSSR count). The summed E-state index contributed by atoms with van der Waals surface area (Å²) >= 11 is 15.1. The van der Waals surface area contributed by atoms with Crippen LogP contribution in [0, 0.1) is 6.92 Å². The maximum absolute atomic E-state index is 5.90. The van der Waals surface area contributed by atoms with Gasteiger partial charge >= 0.3 is 0 Å². The molecule has 2 nitrogen and oxygen atoms in total. The number of benzene rings is 1. The van der Waals surface area contributed by atoms with E-state index in [1.807, 2.05) is 13.0 Å². The lowest BCUT2D eigenvalue weighted by atomic mass is 10.3. The van der Waals surface area contributed by atoms with Gasteiger partial charge in [0.05, 0.1) is 14.5 Å². The van der Waals surface area contributed by atoms with Gasteiger partial charge in [-0.1, -0.05) is 23.2 Å². The van der Waals surface area contributed by atoms with Crippen molar-refractivity contribution in [3.63, 3.8) is 0 Å². The maximum atomic E-state index is 5.90. The zero-order valence-corrected chi connectivity index (χ0v) is 12.0. The smallest absolute Gasteiger partial charge is 0.233 e. The van der Waals surface area contributed by atoms with E-state index in [0.29, 0.717) is 21.7 Å². The van der Waals surface area contributed by atoms with Crippen molar-refractivity contribution in [1.82, 2.24) is 4.98 Å². The van der Waals surface area contributed by atoms with Gasteiger partial charge in [0, 0.05) is 12.3 Å². The standard InChI is InChI=1S/C12H8BrCl2NO/c1-7-4-9(13)12(16-6-7)17-8-2-3-10(14)11(15)5-8/h2-6H,1H3. The molecule has 0 saturated heterocycles. The fourth-order valence-electron chi connectivity index (χ4n) is 1.25. The quantitative estimate of drug-likeness (QED) is 0.749. The molecular formula is C12H8BrCl2NO.